The number of rotatable bonds is 8. The van der Waals surface area contributed by atoms with Crippen LogP contribution in [0.4, 0.5) is 0 Å². The van der Waals surface area contributed by atoms with Gasteiger partial charge in [0.15, 0.2) is 0 Å². The van der Waals surface area contributed by atoms with E-state index in [-0.39, 0.29) is 29.7 Å². The highest BCUT2D eigenvalue weighted by Gasteiger charge is 2.21. The summed E-state index contributed by atoms with van der Waals surface area (Å²) in [6.45, 7) is 8.31. The van der Waals surface area contributed by atoms with Crippen molar-refractivity contribution in [2.24, 2.45) is 17.1 Å². The van der Waals surface area contributed by atoms with E-state index in [9.17, 15) is 9.59 Å². The van der Waals surface area contributed by atoms with Crippen LogP contribution in [0, 0.1) is 11.3 Å². The van der Waals surface area contributed by atoms with Crippen molar-refractivity contribution in [1.82, 2.24) is 10.6 Å². The lowest BCUT2D eigenvalue weighted by atomic mass is 9.85. The van der Waals surface area contributed by atoms with Crippen LogP contribution in [-0.2, 0) is 16.0 Å². The first kappa shape index (κ1) is 20.5. The largest absolute Gasteiger partial charge is 0.354 e. The Kier molecular flexibility index (Phi) is 7.70. The van der Waals surface area contributed by atoms with Gasteiger partial charge in [-0.3, -0.25) is 9.59 Å². The summed E-state index contributed by atoms with van der Waals surface area (Å²) in [4.78, 5) is 23.6. The third-order valence-electron chi connectivity index (χ3n) is 3.78. The van der Waals surface area contributed by atoms with Crippen LogP contribution in [0.15, 0.2) is 24.3 Å². The molecular formula is C18H28ClN3O2. The van der Waals surface area contributed by atoms with E-state index in [0.717, 1.165) is 12.0 Å². The van der Waals surface area contributed by atoms with Crippen LogP contribution in [0.3, 0.4) is 0 Å². The average molecular weight is 354 g/mol. The normalized spacial score (nSPS) is 12.8. The molecule has 0 saturated carbocycles. The SMILES string of the molecule is CC(C)[C@H](N)C(=O)NCC(=O)NCC(C)(C)Cc1cccc(Cl)c1. The molecule has 0 aliphatic carbocycles. The minimum absolute atomic E-state index is 0.0321. The molecule has 0 unspecified atom stereocenters. The van der Waals surface area contributed by atoms with Gasteiger partial charge in [-0.2, -0.15) is 0 Å². The maximum absolute atomic E-state index is 11.9. The summed E-state index contributed by atoms with van der Waals surface area (Å²) in [6.07, 6.45) is 0.790. The molecule has 0 radical (unpaired) electrons. The summed E-state index contributed by atoms with van der Waals surface area (Å²) in [5.74, 6) is -0.499. The summed E-state index contributed by atoms with van der Waals surface area (Å²) < 4.78 is 0. The second-order valence-electron chi connectivity index (χ2n) is 7.24. The van der Waals surface area contributed by atoms with E-state index < -0.39 is 6.04 Å². The van der Waals surface area contributed by atoms with Crippen molar-refractivity contribution in [3.05, 3.63) is 34.9 Å². The van der Waals surface area contributed by atoms with E-state index in [1.165, 1.54) is 0 Å². The molecule has 1 aromatic rings. The number of nitrogens with two attached hydrogens (primary N) is 1. The fourth-order valence-electron chi connectivity index (χ4n) is 2.25. The minimum atomic E-state index is -0.600. The molecule has 0 bridgehead atoms. The first-order chi connectivity index (χ1) is 11.1. The van der Waals surface area contributed by atoms with Gasteiger partial charge in [-0.05, 0) is 35.4 Å². The second-order valence-corrected chi connectivity index (χ2v) is 7.67. The average Bonchev–Trinajstić information content (AvgIpc) is 2.49. The van der Waals surface area contributed by atoms with Gasteiger partial charge in [0, 0.05) is 11.6 Å². The summed E-state index contributed by atoms with van der Waals surface area (Å²) in [7, 11) is 0. The standard InChI is InChI=1S/C18H28ClN3O2/c1-12(2)16(20)17(24)21-10-15(23)22-11-18(3,4)9-13-6-5-7-14(19)8-13/h5-8,12,16H,9-11,20H2,1-4H3,(H,21,24)(H,22,23)/t16-/m0/s1. The molecule has 1 atom stereocenters. The Morgan fingerprint density at radius 1 is 1.25 bits per heavy atom. The van der Waals surface area contributed by atoms with Crippen molar-refractivity contribution in [2.75, 3.05) is 13.1 Å². The third-order valence-corrected chi connectivity index (χ3v) is 4.02. The molecule has 24 heavy (non-hydrogen) atoms. The highest BCUT2D eigenvalue weighted by atomic mass is 35.5. The number of hydrogen-bond donors (Lipinski definition) is 3. The molecule has 0 spiro atoms. The zero-order valence-corrected chi connectivity index (χ0v) is 15.6. The lowest BCUT2D eigenvalue weighted by Crippen LogP contribution is -2.48. The number of carbonyl (C=O) groups excluding carboxylic acids is 2. The smallest absolute Gasteiger partial charge is 0.239 e. The molecule has 0 saturated heterocycles. The molecule has 0 aromatic heterocycles. The fraction of sp³-hybridized carbons (Fsp3) is 0.556. The van der Waals surface area contributed by atoms with Crippen molar-refractivity contribution >= 4 is 23.4 Å². The zero-order valence-electron chi connectivity index (χ0n) is 14.9. The number of amides is 2. The Hall–Kier alpha value is -1.59. The molecular weight excluding hydrogens is 326 g/mol. The van der Waals surface area contributed by atoms with Crippen LogP contribution in [0.1, 0.15) is 33.3 Å². The van der Waals surface area contributed by atoms with E-state index in [4.69, 9.17) is 17.3 Å². The minimum Gasteiger partial charge on any atom is -0.354 e. The van der Waals surface area contributed by atoms with E-state index in [1.807, 2.05) is 38.1 Å². The van der Waals surface area contributed by atoms with Crippen molar-refractivity contribution in [1.29, 1.82) is 0 Å². The van der Waals surface area contributed by atoms with Gasteiger partial charge in [-0.1, -0.05) is 51.4 Å². The lowest BCUT2D eigenvalue weighted by molar-refractivity contribution is -0.127. The van der Waals surface area contributed by atoms with Crippen LogP contribution in [0.2, 0.25) is 5.02 Å². The van der Waals surface area contributed by atoms with Gasteiger partial charge in [0.25, 0.3) is 0 Å². The fourth-order valence-corrected chi connectivity index (χ4v) is 2.46. The number of halogens is 1. The zero-order chi connectivity index (χ0) is 18.3. The summed E-state index contributed by atoms with van der Waals surface area (Å²) in [5, 5.41) is 6.12. The topological polar surface area (TPSA) is 84.2 Å². The van der Waals surface area contributed by atoms with Gasteiger partial charge >= 0.3 is 0 Å². The Labute approximate surface area is 149 Å². The number of benzene rings is 1. The monoisotopic (exact) mass is 353 g/mol. The molecule has 4 N–H and O–H groups in total. The second kappa shape index (κ2) is 9.04. The van der Waals surface area contributed by atoms with Gasteiger partial charge in [0.05, 0.1) is 12.6 Å². The third kappa shape index (κ3) is 7.32. The van der Waals surface area contributed by atoms with E-state index >= 15 is 0 Å². The maximum atomic E-state index is 11.9. The first-order valence-corrected chi connectivity index (χ1v) is 8.53. The molecule has 0 aliphatic heterocycles. The van der Waals surface area contributed by atoms with Gasteiger partial charge in [0.2, 0.25) is 11.8 Å². The first-order valence-electron chi connectivity index (χ1n) is 8.15. The molecule has 0 heterocycles. The summed E-state index contributed by atoms with van der Waals surface area (Å²) in [6, 6.07) is 7.10. The Morgan fingerprint density at radius 3 is 2.50 bits per heavy atom. The highest BCUT2D eigenvalue weighted by Crippen LogP contribution is 2.22. The summed E-state index contributed by atoms with van der Waals surface area (Å²) >= 11 is 6.00. The number of carbonyl (C=O) groups is 2. The van der Waals surface area contributed by atoms with Crippen LogP contribution < -0.4 is 16.4 Å². The highest BCUT2D eigenvalue weighted by molar-refractivity contribution is 6.30. The van der Waals surface area contributed by atoms with Crippen molar-refractivity contribution < 1.29 is 9.59 Å². The van der Waals surface area contributed by atoms with Gasteiger partial charge in [-0.15, -0.1) is 0 Å². The summed E-state index contributed by atoms with van der Waals surface area (Å²) in [5.41, 5.74) is 6.73. The quantitative estimate of drug-likeness (QED) is 0.669. The predicted octanol–water partition coefficient (Wildman–Crippen LogP) is 2.12. The molecule has 1 rings (SSSR count). The molecule has 0 fully saturated rings. The van der Waals surface area contributed by atoms with Gasteiger partial charge < -0.3 is 16.4 Å². The molecule has 2 amide bonds. The van der Waals surface area contributed by atoms with Gasteiger partial charge in [0.1, 0.15) is 0 Å². The number of hydrogen-bond acceptors (Lipinski definition) is 3. The Bertz CT molecular complexity index is 573. The number of nitrogens with one attached hydrogen (secondary N) is 2. The maximum Gasteiger partial charge on any atom is 0.239 e. The molecule has 1 aromatic carbocycles. The lowest BCUT2D eigenvalue weighted by Gasteiger charge is -2.25. The van der Waals surface area contributed by atoms with Crippen LogP contribution >= 0.6 is 11.6 Å². The van der Waals surface area contributed by atoms with Crippen molar-refractivity contribution in [3.63, 3.8) is 0 Å². The molecule has 134 valence electrons. The van der Waals surface area contributed by atoms with Gasteiger partial charge in [-0.25, -0.2) is 0 Å². The van der Waals surface area contributed by atoms with Crippen molar-refractivity contribution in [3.8, 4) is 0 Å². The predicted molar refractivity (Wildman–Crippen MR) is 97.8 cm³/mol. The molecule has 5 nitrogen and oxygen atoms in total. The van der Waals surface area contributed by atoms with E-state index in [0.29, 0.717) is 11.6 Å². The molecule has 6 heteroatoms. The van der Waals surface area contributed by atoms with Crippen LogP contribution in [0.25, 0.3) is 0 Å². The Morgan fingerprint density at radius 2 is 1.92 bits per heavy atom. The van der Waals surface area contributed by atoms with E-state index in [1.54, 1.807) is 0 Å². The molecule has 0 aliphatic rings. The Balaban J connectivity index is 2.41. The van der Waals surface area contributed by atoms with Crippen molar-refractivity contribution in [2.45, 2.75) is 40.2 Å². The van der Waals surface area contributed by atoms with E-state index in [2.05, 4.69) is 24.5 Å². The van der Waals surface area contributed by atoms with Crippen LogP contribution in [-0.4, -0.2) is 30.9 Å². The van der Waals surface area contributed by atoms with Crippen LogP contribution in [0.5, 0.6) is 0 Å².